The Morgan fingerprint density at radius 1 is 0.391 bits per heavy atom. The first kappa shape index (κ1) is 78.0. The summed E-state index contributed by atoms with van der Waals surface area (Å²) >= 11 is 0. The lowest BCUT2D eigenvalue weighted by Crippen LogP contribution is -2.33. The van der Waals surface area contributed by atoms with Crippen molar-refractivity contribution in [3.05, 3.63) is 0 Å². The van der Waals surface area contributed by atoms with Gasteiger partial charge in [-0.05, 0) is 112 Å². The van der Waals surface area contributed by atoms with Crippen molar-refractivity contribution in [2.75, 3.05) is 92.1 Å². The number of rotatable bonds is 48. The van der Waals surface area contributed by atoms with Crippen molar-refractivity contribution in [3.63, 3.8) is 0 Å². The van der Waals surface area contributed by atoms with Crippen LogP contribution >= 0.6 is 114 Å². The molecule has 0 aliphatic heterocycles. The van der Waals surface area contributed by atoms with Gasteiger partial charge in [-0.15, -0.1) is 0 Å². The maximum Gasteiger partial charge on any atom is 0.335 e. The van der Waals surface area contributed by atoms with E-state index in [0.717, 1.165) is 86.5 Å². The molecule has 10 unspecified atom stereocenters. The van der Waals surface area contributed by atoms with E-state index in [0.29, 0.717) is 20.8 Å². The quantitative estimate of drug-likeness (QED) is 0.0328. The predicted octanol–water partition coefficient (Wildman–Crippen LogP) is 14.1. The van der Waals surface area contributed by atoms with Gasteiger partial charge in [0.05, 0.1) is 9.75 Å². The molecule has 0 radical (unpaired) electrons. The van der Waals surface area contributed by atoms with Crippen molar-refractivity contribution in [1.82, 2.24) is 0 Å². The molecular weight excluding hydrogens is 1190 g/mol. The van der Waals surface area contributed by atoms with Crippen molar-refractivity contribution in [2.45, 2.75) is 166 Å². The Hall–Kier alpha value is 4.75. The molecular formula is C42H102O10S11Si6. The summed E-state index contributed by atoms with van der Waals surface area (Å²) in [6.07, 6.45) is 9.41. The maximum atomic E-state index is 5.94. The van der Waals surface area contributed by atoms with Crippen molar-refractivity contribution in [1.29, 1.82) is 0 Å². The predicted molar refractivity (Wildman–Crippen MR) is 349 cm³/mol. The van der Waals surface area contributed by atoms with Crippen molar-refractivity contribution in [2.24, 2.45) is 11.8 Å². The van der Waals surface area contributed by atoms with Gasteiger partial charge in [-0.2, -0.15) is 0 Å². The van der Waals surface area contributed by atoms with Crippen LogP contribution in [0.3, 0.4) is 0 Å². The van der Waals surface area contributed by atoms with Crippen LogP contribution in [0.4, 0.5) is 0 Å². The van der Waals surface area contributed by atoms with Crippen molar-refractivity contribution >= 4 is 171 Å². The first-order valence-electron chi connectivity index (χ1n) is 25.2. The van der Waals surface area contributed by atoms with Gasteiger partial charge in [0.25, 0.3) is 0 Å². The average Bonchev–Trinajstić information content (AvgIpc) is 3.37. The van der Waals surface area contributed by atoms with Gasteiger partial charge in [0, 0.05) is 103 Å². The van der Waals surface area contributed by atoms with Crippen LogP contribution in [-0.4, -0.2) is 159 Å². The topological polar surface area (TPSA) is 92.3 Å². The van der Waals surface area contributed by atoms with E-state index in [4.69, 9.17) is 44.3 Å². The number of hydrogen-bond donors (Lipinski definition) is 0. The molecule has 0 rings (SSSR count). The normalized spacial score (nSPS) is 16.5. The van der Waals surface area contributed by atoms with Crippen LogP contribution in [-0.2, 0) is 44.3 Å². The third-order valence-electron chi connectivity index (χ3n) is 10.9. The summed E-state index contributed by atoms with van der Waals surface area (Å²) in [6.45, 7) is 29.8. The number of hydrogen-bond acceptors (Lipinski definition) is 21. The van der Waals surface area contributed by atoms with E-state index in [1.807, 2.05) is 128 Å². The Labute approximate surface area is 480 Å². The van der Waals surface area contributed by atoms with Crippen LogP contribution in [0, 0.1) is 11.8 Å². The molecule has 0 aromatic heterocycles. The second-order valence-corrected chi connectivity index (χ2v) is 47.8. The molecule has 0 spiro atoms. The molecule has 10 atom stereocenters. The molecule has 10 nitrogen and oxygen atoms in total. The Morgan fingerprint density at radius 2 is 0.725 bits per heavy atom. The van der Waals surface area contributed by atoms with Crippen LogP contribution in [0.25, 0.3) is 0 Å². The highest BCUT2D eigenvalue weighted by molar-refractivity contribution is 9.26. The lowest BCUT2D eigenvalue weighted by Gasteiger charge is -2.24. The van der Waals surface area contributed by atoms with E-state index in [1.165, 1.54) is 37.2 Å². The minimum atomic E-state index is -1.54. The van der Waals surface area contributed by atoms with Crippen LogP contribution in [0.5, 0.6) is 0 Å². The van der Waals surface area contributed by atoms with Crippen molar-refractivity contribution < 1.29 is 44.3 Å². The third-order valence-corrected chi connectivity index (χ3v) is 45.9. The lowest BCUT2D eigenvalue weighted by molar-refractivity contribution is 0.198. The van der Waals surface area contributed by atoms with E-state index >= 15 is 0 Å². The molecule has 0 aliphatic rings. The van der Waals surface area contributed by atoms with E-state index in [-0.39, 0.29) is 19.5 Å². The minimum Gasteiger partial charge on any atom is -0.427 e. The summed E-state index contributed by atoms with van der Waals surface area (Å²) in [5.41, 5.74) is 2.75. The Balaban J connectivity index is -0.000000959. The summed E-state index contributed by atoms with van der Waals surface area (Å²) in [7, 11) is 25.1. The molecule has 0 bridgehead atoms. The molecule has 0 aromatic carbocycles. The van der Waals surface area contributed by atoms with E-state index in [2.05, 4.69) is 83.1 Å². The highest BCUT2D eigenvalue weighted by Crippen LogP contribution is 2.48. The second kappa shape index (κ2) is 58.9. The SMILES string of the molecule is CCC(CSSSSCC(CC)C(CC)[SiH2]OC)C(CC)[SiH2]OC.CCC(SSSC(CC)[SiH](OC)OC)[SiH](OC)OC.CCCO[SiH](OCC)C(C)CSSSSCC(C)[SiH](OCC)OCCC. The minimum absolute atomic E-state index is 0.340. The van der Waals surface area contributed by atoms with Crippen LogP contribution in [0.2, 0.25) is 22.2 Å². The summed E-state index contributed by atoms with van der Waals surface area (Å²) in [5, 5.41) is 0. The van der Waals surface area contributed by atoms with E-state index in [9.17, 15) is 0 Å². The zero-order chi connectivity index (χ0) is 52.5. The van der Waals surface area contributed by atoms with Gasteiger partial charge in [-0.3, -0.25) is 0 Å². The highest BCUT2D eigenvalue weighted by Gasteiger charge is 2.28. The summed E-state index contributed by atoms with van der Waals surface area (Å²) in [4.78, 5) is 0.936. The molecule has 0 heterocycles. The Kier molecular flexibility index (Phi) is 66.6. The Morgan fingerprint density at radius 3 is 0.971 bits per heavy atom. The monoisotopic (exact) mass is 1290 g/mol. The summed E-state index contributed by atoms with van der Waals surface area (Å²) < 4.78 is 56.5. The fourth-order valence-electron chi connectivity index (χ4n) is 6.60. The third kappa shape index (κ3) is 42.3. The zero-order valence-electron chi connectivity index (χ0n) is 46.2. The van der Waals surface area contributed by atoms with Gasteiger partial charge in [0.2, 0.25) is 0 Å². The molecule has 69 heavy (non-hydrogen) atoms. The van der Waals surface area contributed by atoms with Gasteiger partial charge >= 0.3 is 37.1 Å². The fraction of sp³-hybridized carbons (Fsp3) is 1.00. The molecule has 0 amide bonds. The molecule has 27 heteroatoms. The standard InChI is InChI=1S/C16H38O4S4Si2.C16H38O2S4Si2.C10H26O4S3Si2/c1-7-11-19-25(17-9-3)15(5)13-21-23-24-22-14-16(6)26(18-10-4)20-12-8-2;1-7-13(15(9-3)23-17-5)11-19-21-22-20-12-14(8-2)16(10-4)24-18-6;1-7-9(18(11-3)12-4)15-17-16-10(8-2)19(13-5)14-6/h15-16,25-26H,7-14H2,1-6H3;13-16H,7-12,23-24H2,1-6H3;9-10,18-19H,7-8H2,1-6H3. The largest absolute Gasteiger partial charge is 0.427 e. The lowest BCUT2D eigenvalue weighted by atomic mass is 10.0. The molecule has 0 fully saturated rings. The molecule has 0 saturated heterocycles. The van der Waals surface area contributed by atoms with Gasteiger partial charge in [-0.25, -0.2) is 0 Å². The van der Waals surface area contributed by atoms with Crippen LogP contribution in [0.15, 0.2) is 0 Å². The molecule has 420 valence electrons. The van der Waals surface area contributed by atoms with Crippen LogP contribution in [0.1, 0.15) is 134 Å². The van der Waals surface area contributed by atoms with E-state index < -0.39 is 37.1 Å². The molecule has 0 saturated carbocycles. The van der Waals surface area contributed by atoms with Gasteiger partial charge < -0.3 is 44.3 Å². The fourth-order valence-corrected chi connectivity index (χ4v) is 41.8. The van der Waals surface area contributed by atoms with Gasteiger partial charge in [0.1, 0.15) is 0 Å². The average molecular weight is 1290 g/mol. The molecule has 0 N–H and O–H groups in total. The Bertz CT molecular complexity index is 961. The van der Waals surface area contributed by atoms with E-state index in [1.54, 1.807) is 28.4 Å². The molecule has 0 aromatic rings. The first-order valence-corrected chi connectivity index (χ1v) is 48.3. The van der Waals surface area contributed by atoms with Crippen molar-refractivity contribution in [3.8, 4) is 0 Å². The maximum absolute atomic E-state index is 5.94. The zero-order valence-corrected chi connectivity index (χ0v) is 62.7. The van der Waals surface area contributed by atoms with Gasteiger partial charge in [-0.1, -0.05) is 160 Å². The second-order valence-electron chi connectivity index (χ2n) is 16.2. The molecule has 0 aliphatic carbocycles. The van der Waals surface area contributed by atoms with Crippen LogP contribution < -0.4 is 0 Å². The summed E-state index contributed by atoms with van der Waals surface area (Å²) in [6, 6.07) is 0. The smallest absolute Gasteiger partial charge is 0.335 e. The highest BCUT2D eigenvalue weighted by atomic mass is 33.7. The summed E-state index contributed by atoms with van der Waals surface area (Å²) in [5.74, 6) is 6.40. The van der Waals surface area contributed by atoms with Gasteiger partial charge in [0.15, 0.2) is 19.5 Å². The first-order chi connectivity index (χ1) is 33.4.